The molecule has 0 radical (unpaired) electrons. The van der Waals surface area contributed by atoms with Crippen LogP contribution in [0.3, 0.4) is 0 Å². The Bertz CT molecular complexity index is 689. The van der Waals surface area contributed by atoms with E-state index in [1.54, 1.807) is 0 Å². The number of hydrogen-bond acceptors (Lipinski definition) is 0. The van der Waals surface area contributed by atoms with Gasteiger partial charge in [-0.2, -0.15) is 0 Å². The molecule has 0 aliphatic heterocycles. The van der Waals surface area contributed by atoms with E-state index in [-0.39, 0.29) is 5.41 Å². The molecular weight excluding hydrogens is 288 g/mol. The third kappa shape index (κ3) is 3.28. The van der Waals surface area contributed by atoms with Crippen LogP contribution in [0.2, 0.25) is 0 Å². The summed E-state index contributed by atoms with van der Waals surface area (Å²) in [6.07, 6.45) is 2.21. The molecule has 1 unspecified atom stereocenters. The van der Waals surface area contributed by atoms with Crippen LogP contribution >= 0.6 is 0 Å². The van der Waals surface area contributed by atoms with E-state index in [4.69, 9.17) is 0 Å². The summed E-state index contributed by atoms with van der Waals surface area (Å²) in [6, 6.07) is 32.9. The molecule has 1 atom stereocenters. The Kier molecular flexibility index (Phi) is 5.15. The first-order chi connectivity index (χ1) is 11.8. The minimum absolute atomic E-state index is 0.0534. The van der Waals surface area contributed by atoms with Crippen LogP contribution in [0.4, 0.5) is 0 Å². The fraction of sp³-hybridized carbons (Fsp3) is 0.250. The number of rotatable bonds is 6. The normalized spacial score (nSPS) is 12.8. The Balaban J connectivity index is 2.05. The average Bonchev–Trinajstić information content (AvgIpc) is 2.68. The Labute approximate surface area is 146 Å². The molecule has 0 heterocycles. The van der Waals surface area contributed by atoms with Crippen molar-refractivity contribution in [3.05, 3.63) is 108 Å². The van der Waals surface area contributed by atoms with Gasteiger partial charge in [-0.1, -0.05) is 105 Å². The second-order valence-corrected chi connectivity index (χ2v) is 6.68. The lowest BCUT2D eigenvalue weighted by atomic mass is 9.67. The van der Waals surface area contributed by atoms with Gasteiger partial charge in [-0.25, -0.2) is 0 Å². The molecule has 0 aromatic heterocycles. The van der Waals surface area contributed by atoms with Gasteiger partial charge in [0.2, 0.25) is 0 Å². The van der Waals surface area contributed by atoms with Crippen molar-refractivity contribution in [1.29, 1.82) is 0 Å². The Hall–Kier alpha value is -2.34. The summed E-state index contributed by atoms with van der Waals surface area (Å²) in [5.41, 5.74) is 4.31. The number of hydrogen-bond donors (Lipinski definition) is 0. The van der Waals surface area contributed by atoms with E-state index in [0.29, 0.717) is 5.92 Å². The van der Waals surface area contributed by atoms with Gasteiger partial charge in [0, 0.05) is 5.41 Å². The Morgan fingerprint density at radius 3 is 1.50 bits per heavy atom. The maximum Gasteiger partial charge on any atom is 0.0206 e. The maximum atomic E-state index is 2.35. The molecule has 0 saturated heterocycles. The lowest BCUT2D eigenvalue weighted by Crippen LogP contribution is -2.29. The third-order valence-electron chi connectivity index (χ3n) is 5.28. The first kappa shape index (κ1) is 16.5. The highest BCUT2D eigenvalue weighted by Gasteiger charge is 2.34. The van der Waals surface area contributed by atoms with Crippen molar-refractivity contribution in [2.45, 2.75) is 38.0 Å². The van der Waals surface area contributed by atoms with Crippen LogP contribution in [-0.2, 0) is 5.41 Å². The van der Waals surface area contributed by atoms with Gasteiger partial charge in [0.1, 0.15) is 0 Å². The molecule has 0 bridgehead atoms. The van der Waals surface area contributed by atoms with E-state index in [9.17, 15) is 0 Å². The molecule has 24 heavy (non-hydrogen) atoms. The van der Waals surface area contributed by atoms with Gasteiger partial charge in [-0.3, -0.25) is 0 Å². The second-order valence-electron chi connectivity index (χ2n) is 6.68. The summed E-state index contributed by atoms with van der Waals surface area (Å²) >= 11 is 0. The van der Waals surface area contributed by atoms with Crippen molar-refractivity contribution in [2.75, 3.05) is 0 Å². The van der Waals surface area contributed by atoms with Crippen molar-refractivity contribution < 1.29 is 0 Å². The van der Waals surface area contributed by atoms with Gasteiger partial charge < -0.3 is 0 Å². The molecule has 122 valence electrons. The van der Waals surface area contributed by atoms with Crippen LogP contribution in [0.5, 0.6) is 0 Å². The van der Waals surface area contributed by atoms with Gasteiger partial charge in [0.25, 0.3) is 0 Å². The van der Waals surface area contributed by atoms with E-state index < -0.39 is 0 Å². The summed E-state index contributed by atoms with van der Waals surface area (Å²) < 4.78 is 0. The van der Waals surface area contributed by atoms with Crippen molar-refractivity contribution in [3.8, 4) is 0 Å². The van der Waals surface area contributed by atoms with Crippen molar-refractivity contribution >= 4 is 0 Å². The lowest BCUT2D eigenvalue weighted by molar-refractivity contribution is 0.420. The fourth-order valence-electron chi connectivity index (χ4n) is 3.89. The molecule has 0 fully saturated rings. The van der Waals surface area contributed by atoms with E-state index in [2.05, 4.69) is 105 Å². The summed E-state index contributed by atoms with van der Waals surface area (Å²) in [4.78, 5) is 0. The maximum absolute atomic E-state index is 2.35. The molecule has 0 N–H and O–H groups in total. The third-order valence-corrected chi connectivity index (χ3v) is 5.28. The van der Waals surface area contributed by atoms with E-state index >= 15 is 0 Å². The molecule has 3 rings (SSSR count). The molecule has 0 saturated carbocycles. The highest BCUT2D eigenvalue weighted by Crippen LogP contribution is 2.43. The average molecular weight is 314 g/mol. The molecular formula is C24H26. The van der Waals surface area contributed by atoms with Crippen molar-refractivity contribution in [1.82, 2.24) is 0 Å². The van der Waals surface area contributed by atoms with Gasteiger partial charge in [-0.15, -0.1) is 0 Å². The molecule has 0 spiro atoms. The van der Waals surface area contributed by atoms with Crippen LogP contribution in [0, 0.1) is 0 Å². The molecule has 0 aliphatic rings. The summed E-state index contributed by atoms with van der Waals surface area (Å²) in [7, 11) is 0. The van der Waals surface area contributed by atoms with Crippen LogP contribution < -0.4 is 0 Å². The molecule has 3 aromatic rings. The lowest BCUT2D eigenvalue weighted by Gasteiger charge is -2.37. The second kappa shape index (κ2) is 7.49. The van der Waals surface area contributed by atoms with E-state index in [1.165, 1.54) is 16.7 Å². The van der Waals surface area contributed by atoms with Crippen LogP contribution in [0.25, 0.3) is 0 Å². The minimum Gasteiger partial charge on any atom is -0.0642 e. The highest BCUT2D eigenvalue weighted by atomic mass is 14.4. The highest BCUT2D eigenvalue weighted by molar-refractivity contribution is 5.40. The largest absolute Gasteiger partial charge is 0.0642 e. The summed E-state index contributed by atoms with van der Waals surface area (Å²) in [5, 5.41) is 0. The topological polar surface area (TPSA) is 0 Å². The predicted octanol–water partition coefficient (Wildman–Crippen LogP) is 6.58. The predicted molar refractivity (Wildman–Crippen MR) is 103 cm³/mol. The van der Waals surface area contributed by atoms with Gasteiger partial charge in [0.15, 0.2) is 0 Å². The van der Waals surface area contributed by atoms with E-state index in [1.807, 2.05) is 0 Å². The zero-order chi connectivity index (χ0) is 16.8. The van der Waals surface area contributed by atoms with Crippen LogP contribution in [0.1, 0.15) is 49.3 Å². The van der Waals surface area contributed by atoms with Gasteiger partial charge in [0.05, 0.1) is 0 Å². The molecule has 0 heteroatoms. The van der Waals surface area contributed by atoms with Crippen LogP contribution in [-0.4, -0.2) is 0 Å². The summed E-state index contributed by atoms with van der Waals surface area (Å²) in [5.74, 6) is 0.506. The Morgan fingerprint density at radius 2 is 1.08 bits per heavy atom. The van der Waals surface area contributed by atoms with Crippen LogP contribution in [0.15, 0.2) is 91.0 Å². The van der Waals surface area contributed by atoms with Crippen molar-refractivity contribution in [2.24, 2.45) is 0 Å². The first-order valence-electron chi connectivity index (χ1n) is 8.92. The number of benzene rings is 3. The molecule has 3 aromatic carbocycles. The van der Waals surface area contributed by atoms with Gasteiger partial charge >= 0.3 is 0 Å². The molecule has 0 aliphatic carbocycles. The minimum atomic E-state index is 0.0534. The molecule has 0 nitrogen and oxygen atoms in total. The smallest absolute Gasteiger partial charge is 0.0206 e. The summed E-state index contributed by atoms with van der Waals surface area (Å²) in [6.45, 7) is 4.67. The van der Waals surface area contributed by atoms with E-state index in [0.717, 1.165) is 12.8 Å². The van der Waals surface area contributed by atoms with Crippen molar-refractivity contribution in [3.63, 3.8) is 0 Å². The molecule has 0 amide bonds. The Morgan fingerprint density at radius 1 is 0.667 bits per heavy atom. The zero-order valence-corrected chi connectivity index (χ0v) is 14.7. The SMILES string of the molecule is CCC(CC(C)c1ccccc1)(c1ccccc1)c1ccccc1. The monoisotopic (exact) mass is 314 g/mol. The first-order valence-corrected chi connectivity index (χ1v) is 8.92. The standard InChI is InChI=1S/C24H26/c1-3-24(22-15-9-5-10-16-22,23-17-11-6-12-18-23)19-20(2)21-13-7-4-8-14-21/h4-18,20H,3,19H2,1-2H3. The quantitative estimate of drug-likeness (QED) is 0.482. The fourth-order valence-corrected chi connectivity index (χ4v) is 3.89. The van der Waals surface area contributed by atoms with Gasteiger partial charge in [-0.05, 0) is 35.4 Å². The zero-order valence-electron chi connectivity index (χ0n) is 14.7.